The first-order valence-corrected chi connectivity index (χ1v) is 8.46. The van der Waals surface area contributed by atoms with Gasteiger partial charge in [0.1, 0.15) is 5.92 Å². The Hall–Kier alpha value is -3.21. The number of para-hydroxylation sites is 2. The van der Waals surface area contributed by atoms with Gasteiger partial charge in [-0.15, -0.1) is 0 Å². The number of urea groups is 1. The fraction of sp³-hybridized carbons (Fsp3) is 0.190. The number of rotatable bonds is 4. The van der Waals surface area contributed by atoms with Crippen LogP contribution in [0.25, 0.3) is 0 Å². The number of amides is 4. The number of carbonyl (C=O) groups is 3. The van der Waals surface area contributed by atoms with Crippen molar-refractivity contribution in [1.82, 2.24) is 0 Å². The Morgan fingerprint density at radius 3 is 1.62 bits per heavy atom. The van der Waals surface area contributed by atoms with Gasteiger partial charge in [-0.25, -0.2) is 14.6 Å². The number of allylic oxidation sites excluding steroid dienone is 2. The third-order valence-electron chi connectivity index (χ3n) is 4.21. The van der Waals surface area contributed by atoms with Crippen LogP contribution in [0.4, 0.5) is 16.2 Å². The van der Waals surface area contributed by atoms with Gasteiger partial charge in [-0.2, -0.15) is 0 Å². The minimum Gasteiger partial charge on any atom is -0.273 e. The lowest BCUT2D eigenvalue weighted by molar-refractivity contribution is -0.132. The smallest absolute Gasteiger partial charge is 0.273 e. The summed E-state index contributed by atoms with van der Waals surface area (Å²) >= 11 is 0. The molecule has 0 atom stereocenters. The van der Waals surface area contributed by atoms with Crippen LogP contribution in [0.15, 0.2) is 72.3 Å². The lowest BCUT2D eigenvalue weighted by atomic mass is 9.97. The van der Waals surface area contributed by atoms with Crippen molar-refractivity contribution in [3.8, 4) is 0 Å². The Morgan fingerprint density at radius 1 is 0.808 bits per heavy atom. The van der Waals surface area contributed by atoms with Gasteiger partial charge in [0.2, 0.25) is 11.8 Å². The van der Waals surface area contributed by atoms with Crippen molar-refractivity contribution in [3.63, 3.8) is 0 Å². The fourth-order valence-corrected chi connectivity index (χ4v) is 2.89. The fourth-order valence-electron chi connectivity index (χ4n) is 2.89. The van der Waals surface area contributed by atoms with Crippen LogP contribution < -0.4 is 9.80 Å². The topological polar surface area (TPSA) is 57.7 Å². The summed E-state index contributed by atoms with van der Waals surface area (Å²) in [5, 5.41) is 0. The highest BCUT2D eigenvalue weighted by molar-refractivity contribution is 6.36. The maximum Gasteiger partial charge on any atom is 0.342 e. The molecule has 132 valence electrons. The minimum absolute atomic E-state index is 0.264. The van der Waals surface area contributed by atoms with Crippen LogP contribution in [0.2, 0.25) is 0 Å². The van der Waals surface area contributed by atoms with Crippen molar-refractivity contribution in [2.75, 3.05) is 9.80 Å². The first-order chi connectivity index (χ1) is 12.5. The summed E-state index contributed by atoms with van der Waals surface area (Å²) in [4.78, 5) is 41.1. The van der Waals surface area contributed by atoms with Gasteiger partial charge >= 0.3 is 6.03 Å². The van der Waals surface area contributed by atoms with Gasteiger partial charge < -0.3 is 0 Å². The highest BCUT2D eigenvalue weighted by atomic mass is 16.2. The minimum atomic E-state index is -0.928. The van der Waals surface area contributed by atoms with Crippen molar-refractivity contribution in [1.29, 1.82) is 0 Å². The molecule has 0 spiro atoms. The van der Waals surface area contributed by atoms with Crippen molar-refractivity contribution in [3.05, 3.63) is 72.3 Å². The summed E-state index contributed by atoms with van der Waals surface area (Å²) in [6, 6.07) is 16.7. The predicted molar refractivity (Wildman–Crippen MR) is 101 cm³/mol. The zero-order valence-electron chi connectivity index (χ0n) is 14.8. The van der Waals surface area contributed by atoms with Crippen LogP contribution >= 0.6 is 0 Å². The zero-order chi connectivity index (χ0) is 18.7. The van der Waals surface area contributed by atoms with E-state index in [0.29, 0.717) is 11.4 Å². The number of carbonyl (C=O) groups excluding carboxylic acids is 3. The molecule has 0 bridgehead atoms. The average Bonchev–Trinajstić information content (AvgIpc) is 2.63. The molecule has 1 aliphatic heterocycles. The number of barbiturate groups is 1. The van der Waals surface area contributed by atoms with Gasteiger partial charge in [-0.1, -0.05) is 48.0 Å². The summed E-state index contributed by atoms with van der Waals surface area (Å²) in [5.74, 6) is -1.91. The monoisotopic (exact) mass is 348 g/mol. The van der Waals surface area contributed by atoms with Gasteiger partial charge in [-0.05, 0) is 44.5 Å². The maximum atomic E-state index is 13.0. The maximum absolute atomic E-state index is 13.0. The average molecular weight is 348 g/mol. The molecule has 0 radical (unpaired) electrons. The van der Waals surface area contributed by atoms with E-state index in [1.807, 2.05) is 32.1 Å². The summed E-state index contributed by atoms with van der Waals surface area (Å²) in [6.07, 6.45) is 2.11. The number of anilines is 2. The molecule has 1 saturated heterocycles. The van der Waals surface area contributed by atoms with E-state index in [2.05, 4.69) is 0 Å². The molecule has 3 rings (SSSR count). The van der Waals surface area contributed by atoms with Crippen LogP contribution in [-0.2, 0) is 9.59 Å². The van der Waals surface area contributed by atoms with Crippen molar-refractivity contribution in [2.45, 2.75) is 20.3 Å². The number of benzene rings is 2. The van der Waals surface area contributed by atoms with Crippen LogP contribution in [0.1, 0.15) is 20.3 Å². The lowest BCUT2D eigenvalue weighted by Crippen LogP contribution is -2.60. The molecule has 2 aromatic carbocycles. The molecule has 0 unspecified atom stereocenters. The molecular weight excluding hydrogens is 328 g/mol. The molecule has 5 nitrogen and oxygen atoms in total. The molecule has 0 aliphatic carbocycles. The molecule has 0 saturated carbocycles. The summed E-state index contributed by atoms with van der Waals surface area (Å²) in [5.41, 5.74) is 1.93. The molecule has 26 heavy (non-hydrogen) atoms. The molecule has 1 aliphatic rings. The van der Waals surface area contributed by atoms with Crippen molar-refractivity contribution < 1.29 is 14.4 Å². The predicted octanol–water partition coefficient (Wildman–Crippen LogP) is 4.16. The number of nitrogens with zero attached hydrogens (tertiary/aromatic N) is 2. The van der Waals surface area contributed by atoms with E-state index < -0.39 is 23.8 Å². The normalized spacial score (nSPS) is 15.4. The van der Waals surface area contributed by atoms with Gasteiger partial charge in [-0.3, -0.25) is 9.59 Å². The summed E-state index contributed by atoms with van der Waals surface area (Å²) in [6.45, 7) is 3.82. The summed E-state index contributed by atoms with van der Waals surface area (Å²) < 4.78 is 0. The third kappa shape index (κ3) is 3.28. The van der Waals surface area contributed by atoms with Crippen molar-refractivity contribution in [2.24, 2.45) is 5.92 Å². The Labute approximate surface area is 152 Å². The zero-order valence-corrected chi connectivity index (χ0v) is 14.8. The second-order valence-electron chi connectivity index (χ2n) is 6.37. The first-order valence-electron chi connectivity index (χ1n) is 8.46. The Kier molecular flexibility index (Phi) is 4.98. The second kappa shape index (κ2) is 7.35. The molecule has 1 heterocycles. The van der Waals surface area contributed by atoms with E-state index in [0.717, 1.165) is 15.4 Å². The lowest BCUT2D eigenvalue weighted by Gasteiger charge is -2.36. The number of imide groups is 2. The first kappa shape index (κ1) is 17.6. The molecule has 0 aromatic heterocycles. The SMILES string of the molecule is CC(C)=CCC1C(=O)N(c2ccccc2)C(=O)N(c2ccccc2)C1=O. The van der Waals surface area contributed by atoms with E-state index in [1.165, 1.54) is 0 Å². The molecule has 0 N–H and O–H groups in total. The Bertz CT molecular complexity index is 794. The van der Waals surface area contributed by atoms with Gasteiger partial charge in [0, 0.05) is 0 Å². The number of hydrogen-bond donors (Lipinski definition) is 0. The summed E-state index contributed by atoms with van der Waals surface area (Å²) in [7, 11) is 0. The van der Waals surface area contributed by atoms with E-state index in [-0.39, 0.29) is 6.42 Å². The third-order valence-corrected chi connectivity index (χ3v) is 4.21. The van der Waals surface area contributed by atoms with Crippen LogP contribution in [0, 0.1) is 5.92 Å². The van der Waals surface area contributed by atoms with E-state index in [4.69, 9.17) is 0 Å². The van der Waals surface area contributed by atoms with Crippen LogP contribution in [0.3, 0.4) is 0 Å². The largest absolute Gasteiger partial charge is 0.342 e. The van der Waals surface area contributed by atoms with Crippen molar-refractivity contribution >= 4 is 29.2 Å². The Morgan fingerprint density at radius 2 is 1.23 bits per heavy atom. The van der Waals surface area contributed by atoms with E-state index in [9.17, 15) is 14.4 Å². The molecule has 2 aromatic rings. The van der Waals surface area contributed by atoms with Gasteiger partial charge in [0.15, 0.2) is 0 Å². The van der Waals surface area contributed by atoms with E-state index in [1.54, 1.807) is 48.5 Å². The van der Waals surface area contributed by atoms with Gasteiger partial charge in [0.05, 0.1) is 11.4 Å². The highest BCUT2D eigenvalue weighted by Gasteiger charge is 2.46. The standard InChI is InChI=1S/C21H20N2O3/c1-15(2)13-14-18-19(24)22(16-9-5-3-6-10-16)21(26)23(20(18)25)17-11-7-4-8-12-17/h3-13,18H,14H2,1-2H3. The van der Waals surface area contributed by atoms with E-state index >= 15 is 0 Å². The Balaban J connectivity index is 2.07. The molecule has 5 heteroatoms. The number of hydrogen-bond acceptors (Lipinski definition) is 3. The van der Waals surface area contributed by atoms with Gasteiger partial charge in [0.25, 0.3) is 0 Å². The molecule has 1 fully saturated rings. The quantitative estimate of drug-likeness (QED) is 0.616. The second-order valence-corrected chi connectivity index (χ2v) is 6.37. The molecule has 4 amide bonds. The highest BCUT2D eigenvalue weighted by Crippen LogP contribution is 2.30. The van der Waals surface area contributed by atoms with Crippen LogP contribution in [-0.4, -0.2) is 17.8 Å². The molecular formula is C21H20N2O3. The van der Waals surface area contributed by atoms with Crippen LogP contribution in [0.5, 0.6) is 0 Å².